The standard InChI is InChI=1S/C14H29N3/c1-3-17(13-7-9-16(2)10-8-13)14-6-4-5-12(14)11-15/h12-14H,3-11,15H2,1-2H3. The van der Waals surface area contributed by atoms with E-state index in [2.05, 4.69) is 23.8 Å². The molecule has 0 radical (unpaired) electrons. The first kappa shape index (κ1) is 13.3. The Balaban J connectivity index is 1.95. The average Bonchev–Trinajstić information content (AvgIpc) is 2.81. The summed E-state index contributed by atoms with van der Waals surface area (Å²) < 4.78 is 0. The molecule has 2 aliphatic rings. The third-order valence-electron chi connectivity index (χ3n) is 4.87. The average molecular weight is 239 g/mol. The molecule has 0 aromatic heterocycles. The van der Waals surface area contributed by atoms with E-state index in [4.69, 9.17) is 5.73 Å². The summed E-state index contributed by atoms with van der Waals surface area (Å²) in [5.41, 5.74) is 5.93. The molecule has 3 heteroatoms. The van der Waals surface area contributed by atoms with Gasteiger partial charge in [-0.1, -0.05) is 13.3 Å². The van der Waals surface area contributed by atoms with Gasteiger partial charge in [-0.05, 0) is 64.8 Å². The highest BCUT2D eigenvalue weighted by Crippen LogP contribution is 2.32. The van der Waals surface area contributed by atoms with Crippen molar-refractivity contribution in [2.75, 3.05) is 33.2 Å². The van der Waals surface area contributed by atoms with Gasteiger partial charge in [-0.25, -0.2) is 0 Å². The van der Waals surface area contributed by atoms with Gasteiger partial charge in [0.1, 0.15) is 0 Å². The molecule has 1 saturated carbocycles. The minimum atomic E-state index is 0.759. The summed E-state index contributed by atoms with van der Waals surface area (Å²) in [6, 6.07) is 1.59. The van der Waals surface area contributed by atoms with Crippen LogP contribution in [0.4, 0.5) is 0 Å². The molecule has 1 aliphatic heterocycles. The van der Waals surface area contributed by atoms with Gasteiger partial charge < -0.3 is 10.6 Å². The Bertz CT molecular complexity index is 224. The fraction of sp³-hybridized carbons (Fsp3) is 1.00. The summed E-state index contributed by atoms with van der Waals surface area (Å²) in [5.74, 6) is 0.759. The van der Waals surface area contributed by atoms with Gasteiger partial charge in [0.05, 0.1) is 0 Å². The van der Waals surface area contributed by atoms with Gasteiger partial charge in [0.2, 0.25) is 0 Å². The van der Waals surface area contributed by atoms with Crippen LogP contribution >= 0.6 is 0 Å². The van der Waals surface area contributed by atoms with Crippen LogP contribution in [0.1, 0.15) is 39.0 Å². The fourth-order valence-electron chi connectivity index (χ4n) is 3.82. The van der Waals surface area contributed by atoms with Crippen molar-refractivity contribution in [1.82, 2.24) is 9.80 Å². The minimum absolute atomic E-state index is 0.759. The summed E-state index contributed by atoms with van der Waals surface area (Å²) in [7, 11) is 2.24. The number of hydrogen-bond acceptors (Lipinski definition) is 3. The van der Waals surface area contributed by atoms with E-state index in [9.17, 15) is 0 Å². The molecule has 2 N–H and O–H groups in total. The number of nitrogens with two attached hydrogens (primary N) is 1. The minimum Gasteiger partial charge on any atom is -0.330 e. The maximum absolute atomic E-state index is 5.93. The number of hydrogen-bond donors (Lipinski definition) is 1. The molecule has 0 aromatic rings. The molecule has 17 heavy (non-hydrogen) atoms. The highest BCUT2D eigenvalue weighted by molar-refractivity contribution is 4.90. The summed E-state index contributed by atoms with van der Waals surface area (Å²) >= 11 is 0. The molecule has 0 bridgehead atoms. The first-order chi connectivity index (χ1) is 8.26. The molecule has 2 fully saturated rings. The van der Waals surface area contributed by atoms with E-state index in [-0.39, 0.29) is 0 Å². The predicted molar refractivity (Wildman–Crippen MR) is 73.1 cm³/mol. The van der Waals surface area contributed by atoms with Gasteiger partial charge in [0.25, 0.3) is 0 Å². The molecule has 1 heterocycles. The molecule has 1 aliphatic carbocycles. The quantitative estimate of drug-likeness (QED) is 0.807. The Hall–Kier alpha value is -0.120. The molecular formula is C14H29N3. The molecule has 2 unspecified atom stereocenters. The van der Waals surface area contributed by atoms with Gasteiger partial charge in [-0.2, -0.15) is 0 Å². The maximum Gasteiger partial charge on any atom is 0.0138 e. The second-order valence-corrected chi connectivity index (χ2v) is 5.86. The molecule has 2 rings (SSSR count). The van der Waals surface area contributed by atoms with Crippen LogP contribution < -0.4 is 5.73 Å². The zero-order valence-corrected chi connectivity index (χ0v) is 11.6. The molecule has 0 amide bonds. The molecule has 100 valence electrons. The summed E-state index contributed by atoms with van der Waals surface area (Å²) in [6.45, 7) is 6.94. The second-order valence-electron chi connectivity index (χ2n) is 5.86. The van der Waals surface area contributed by atoms with Crippen LogP contribution in [0.5, 0.6) is 0 Å². The monoisotopic (exact) mass is 239 g/mol. The van der Waals surface area contributed by atoms with Crippen LogP contribution in [0.2, 0.25) is 0 Å². The summed E-state index contributed by atoms with van der Waals surface area (Å²) in [4.78, 5) is 5.23. The lowest BCUT2D eigenvalue weighted by Gasteiger charge is -2.42. The largest absolute Gasteiger partial charge is 0.330 e. The fourth-order valence-corrected chi connectivity index (χ4v) is 3.82. The van der Waals surface area contributed by atoms with Crippen molar-refractivity contribution in [3.8, 4) is 0 Å². The van der Waals surface area contributed by atoms with Crippen LogP contribution in [-0.4, -0.2) is 55.1 Å². The third kappa shape index (κ3) is 3.01. The lowest BCUT2D eigenvalue weighted by Crippen LogP contribution is -2.50. The number of likely N-dealkylation sites (tertiary alicyclic amines) is 1. The van der Waals surface area contributed by atoms with Crippen LogP contribution in [0, 0.1) is 5.92 Å². The van der Waals surface area contributed by atoms with Crippen LogP contribution in [-0.2, 0) is 0 Å². The van der Waals surface area contributed by atoms with Crippen LogP contribution in [0.25, 0.3) is 0 Å². The van der Waals surface area contributed by atoms with Gasteiger partial charge in [0, 0.05) is 12.1 Å². The Morgan fingerprint density at radius 3 is 2.47 bits per heavy atom. The number of nitrogens with zero attached hydrogens (tertiary/aromatic N) is 2. The van der Waals surface area contributed by atoms with E-state index < -0.39 is 0 Å². The van der Waals surface area contributed by atoms with Gasteiger partial charge in [0.15, 0.2) is 0 Å². The molecule has 0 spiro atoms. The lowest BCUT2D eigenvalue weighted by atomic mass is 9.96. The first-order valence-corrected chi connectivity index (χ1v) is 7.40. The Morgan fingerprint density at radius 1 is 1.18 bits per heavy atom. The normalized spacial score (nSPS) is 32.5. The number of piperidine rings is 1. The zero-order chi connectivity index (χ0) is 12.3. The highest BCUT2D eigenvalue weighted by atomic mass is 15.2. The van der Waals surface area contributed by atoms with E-state index >= 15 is 0 Å². The van der Waals surface area contributed by atoms with E-state index in [1.54, 1.807) is 0 Å². The molecule has 1 saturated heterocycles. The summed E-state index contributed by atoms with van der Waals surface area (Å²) in [6.07, 6.45) is 6.80. The SMILES string of the molecule is CCN(C1CCN(C)CC1)C1CCCC1CN. The van der Waals surface area contributed by atoms with Crippen molar-refractivity contribution < 1.29 is 0 Å². The van der Waals surface area contributed by atoms with E-state index in [1.807, 2.05) is 0 Å². The molecule has 3 nitrogen and oxygen atoms in total. The molecule has 0 aromatic carbocycles. The van der Waals surface area contributed by atoms with Crippen molar-refractivity contribution in [2.24, 2.45) is 11.7 Å². The van der Waals surface area contributed by atoms with Gasteiger partial charge >= 0.3 is 0 Å². The number of rotatable bonds is 4. The molecular weight excluding hydrogens is 210 g/mol. The van der Waals surface area contributed by atoms with Gasteiger partial charge in [-0.3, -0.25) is 4.90 Å². The van der Waals surface area contributed by atoms with Crippen molar-refractivity contribution in [3.63, 3.8) is 0 Å². The van der Waals surface area contributed by atoms with Crippen LogP contribution in [0.15, 0.2) is 0 Å². The van der Waals surface area contributed by atoms with Crippen molar-refractivity contribution >= 4 is 0 Å². The van der Waals surface area contributed by atoms with E-state index in [1.165, 1.54) is 51.7 Å². The Labute approximate surface area is 106 Å². The lowest BCUT2D eigenvalue weighted by molar-refractivity contribution is 0.0703. The maximum atomic E-state index is 5.93. The molecule has 2 atom stereocenters. The first-order valence-electron chi connectivity index (χ1n) is 7.40. The van der Waals surface area contributed by atoms with E-state index in [0.29, 0.717) is 0 Å². The smallest absolute Gasteiger partial charge is 0.0138 e. The van der Waals surface area contributed by atoms with Crippen molar-refractivity contribution in [2.45, 2.75) is 51.1 Å². The van der Waals surface area contributed by atoms with Gasteiger partial charge in [-0.15, -0.1) is 0 Å². The van der Waals surface area contributed by atoms with E-state index in [0.717, 1.165) is 24.5 Å². The zero-order valence-electron chi connectivity index (χ0n) is 11.6. The second kappa shape index (κ2) is 6.17. The predicted octanol–water partition coefficient (Wildman–Crippen LogP) is 1.53. The van der Waals surface area contributed by atoms with Crippen molar-refractivity contribution in [3.05, 3.63) is 0 Å². The Morgan fingerprint density at radius 2 is 1.88 bits per heavy atom. The topological polar surface area (TPSA) is 32.5 Å². The Kier molecular flexibility index (Phi) is 4.83. The highest BCUT2D eigenvalue weighted by Gasteiger charge is 2.34. The van der Waals surface area contributed by atoms with Crippen molar-refractivity contribution in [1.29, 1.82) is 0 Å². The third-order valence-corrected chi connectivity index (χ3v) is 4.87. The van der Waals surface area contributed by atoms with Crippen LogP contribution in [0.3, 0.4) is 0 Å². The summed E-state index contributed by atoms with van der Waals surface area (Å²) in [5, 5.41) is 0.